The number of esters is 1. The molecule has 1 aliphatic rings. The van der Waals surface area contributed by atoms with Crippen LogP contribution < -0.4 is 4.74 Å². The summed E-state index contributed by atoms with van der Waals surface area (Å²) in [7, 11) is 0. The molecule has 9 heteroatoms. The lowest BCUT2D eigenvalue weighted by atomic mass is 10.2. The van der Waals surface area contributed by atoms with E-state index in [1.807, 2.05) is 0 Å². The second-order valence-corrected chi connectivity index (χ2v) is 8.01. The molecule has 0 spiro atoms. The van der Waals surface area contributed by atoms with Crippen LogP contribution in [0.2, 0.25) is 10.0 Å². The highest BCUT2D eigenvalue weighted by Crippen LogP contribution is 2.32. The Labute approximate surface area is 187 Å². The Morgan fingerprint density at radius 2 is 1.97 bits per heavy atom. The van der Waals surface area contributed by atoms with Gasteiger partial charge in [0.05, 0.1) is 11.5 Å². The predicted molar refractivity (Wildman–Crippen MR) is 117 cm³/mol. The minimum atomic E-state index is -0.627. The number of thioether (sulfide) groups is 1. The molecule has 1 heterocycles. The average molecular weight is 466 g/mol. The molecule has 1 fully saturated rings. The van der Waals surface area contributed by atoms with Crippen molar-refractivity contribution in [2.45, 2.75) is 13.5 Å². The van der Waals surface area contributed by atoms with Crippen LogP contribution in [0.25, 0.3) is 6.08 Å². The second-order valence-electron chi connectivity index (χ2n) is 6.17. The van der Waals surface area contributed by atoms with Gasteiger partial charge >= 0.3 is 5.97 Å². The molecule has 156 valence electrons. The van der Waals surface area contributed by atoms with Crippen molar-refractivity contribution < 1.29 is 23.9 Å². The van der Waals surface area contributed by atoms with E-state index in [4.69, 9.17) is 32.7 Å². The number of amides is 2. The summed E-state index contributed by atoms with van der Waals surface area (Å²) in [6.07, 6.45) is 1.58. The number of carbonyl (C=O) groups excluding carboxylic acids is 3. The van der Waals surface area contributed by atoms with Crippen molar-refractivity contribution in [3.05, 3.63) is 68.5 Å². The normalized spacial score (nSPS) is 15.0. The van der Waals surface area contributed by atoms with Crippen molar-refractivity contribution in [2.75, 3.05) is 13.2 Å². The largest absolute Gasteiger partial charge is 0.489 e. The van der Waals surface area contributed by atoms with Gasteiger partial charge in [-0.2, -0.15) is 0 Å². The molecule has 1 aliphatic heterocycles. The molecule has 2 aromatic carbocycles. The number of carbonyl (C=O) groups is 3. The molecule has 0 atom stereocenters. The van der Waals surface area contributed by atoms with Gasteiger partial charge in [-0.05, 0) is 54.6 Å². The van der Waals surface area contributed by atoms with E-state index in [0.29, 0.717) is 21.4 Å². The van der Waals surface area contributed by atoms with Crippen LogP contribution in [0.4, 0.5) is 4.79 Å². The number of halogens is 2. The Bertz CT molecular complexity index is 1020. The van der Waals surface area contributed by atoms with Gasteiger partial charge in [0.1, 0.15) is 18.9 Å². The molecular weight excluding hydrogens is 449 g/mol. The van der Waals surface area contributed by atoms with E-state index in [-0.39, 0.29) is 18.1 Å². The van der Waals surface area contributed by atoms with E-state index in [0.717, 1.165) is 22.2 Å². The summed E-state index contributed by atoms with van der Waals surface area (Å²) < 4.78 is 10.6. The van der Waals surface area contributed by atoms with Crippen molar-refractivity contribution in [1.82, 2.24) is 4.90 Å². The summed E-state index contributed by atoms with van der Waals surface area (Å²) in [5.41, 5.74) is 1.46. The van der Waals surface area contributed by atoms with Gasteiger partial charge < -0.3 is 9.47 Å². The molecule has 0 unspecified atom stereocenters. The monoisotopic (exact) mass is 465 g/mol. The molecule has 0 saturated carbocycles. The van der Waals surface area contributed by atoms with Crippen molar-refractivity contribution in [3.63, 3.8) is 0 Å². The minimum absolute atomic E-state index is 0.179. The molecule has 0 aliphatic carbocycles. The predicted octanol–water partition coefficient (Wildman–Crippen LogP) is 5.17. The fourth-order valence-corrected chi connectivity index (χ4v) is 3.92. The molecule has 1 saturated heterocycles. The van der Waals surface area contributed by atoms with Gasteiger partial charge in [0.2, 0.25) is 0 Å². The first kappa shape index (κ1) is 22.2. The van der Waals surface area contributed by atoms with Gasteiger partial charge in [0.25, 0.3) is 11.1 Å². The van der Waals surface area contributed by atoms with E-state index < -0.39 is 23.7 Å². The Kier molecular flexibility index (Phi) is 7.42. The average Bonchev–Trinajstić information content (AvgIpc) is 2.95. The molecule has 30 heavy (non-hydrogen) atoms. The number of hydrogen-bond donors (Lipinski definition) is 0. The van der Waals surface area contributed by atoms with Crippen LogP contribution >= 0.6 is 35.0 Å². The number of ether oxygens (including phenoxy) is 2. The van der Waals surface area contributed by atoms with Crippen LogP contribution in [0.1, 0.15) is 18.1 Å². The third-order valence-corrected chi connectivity index (χ3v) is 5.53. The molecule has 0 bridgehead atoms. The third kappa shape index (κ3) is 5.56. The lowest BCUT2D eigenvalue weighted by Gasteiger charge is -2.10. The van der Waals surface area contributed by atoms with Crippen LogP contribution in [0.3, 0.4) is 0 Å². The van der Waals surface area contributed by atoms with Gasteiger partial charge in [-0.1, -0.05) is 41.4 Å². The number of benzene rings is 2. The zero-order valence-electron chi connectivity index (χ0n) is 15.9. The van der Waals surface area contributed by atoms with E-state index in [9.17, 15) is 14.4 Å². The number of imide groups is 1. The molecule has 0 radical (unpaired) electrons. The molecule has 3 rings (SSSR count). The van der Waals surface area contributed by atoms with Gasteiger partial charge in [0, 0.05) is 15.6 Å². The molecule has 2 aromatic rings. The Morgan fingerprint density at radius 3 is 2.70 bits per heavy atom. The lowest BCUT2D eigenvalue weighted by Crippen LogP contribution is -2.34. The Balaban J connectivity index is 1.69. The minimum Gasteiger partial charge on any atom is -0.489 e. The van der Waals surface area contributed by atoms with Crippen LogP contribution in [0, 0.1) is 0 Å². The lowest BCUT2D eigenvalue weighted by molar-refractivity contribution is -0.145. The van der Waals surface area contributed by atoms with Crippen LogP contribution in [-0.2, 0) is 20.9 Å². The van der Waals surface area contributed by atoms with Crippen molar-refractivity contribution in [2.24, 2.45) is 0 Å². The molecule has 0 aromatic heterocycles. The highest BCUT2D eigenvalue weighted by Gasteiger charge is 2.36. The van der Waals surface area contributed by atoms with E-state index >= 15 is 0 Å². The number of nitrogens with zero attached hydrogens (tertiary/aromatic N) is 1. The summed E-state index contributed by atoms with van der Waals surface area (Å²) in [5.74, 6) is -0.588. The summed E-state index contributed by atoms with van der Waals surface area (Å²) in [4.78, 5) is 37.2. The van der Waals surface area contributed by atoms with Crippen LogP contribution in [0.15, 0.2) is 47.4 Å². The Hall–Kier alpha value is -2.48. The Morgan fingerprint density at radius 1 is 1.17 bits per heavy atom. The highest BCUT2D eigenvalue weighted by atomic mass is 35.5. The van der Waals surface area contributed by atoms with Gasteiger partial charge in [0.15, 0.2) is 0 Å². The summed E-state index contributed by atoms with van der Waals surface area (Å²) in [5, 5.41) is 0.542. The first-order chi connectivity index (χ1) is 14.4. The van der Waals surface area contributed by atoms with Crippen LogP contribution in [0.5, 0.6) is 5.75 Å². The van der Waals surface area contributed by atoms with Gasteiger partial charge in [-0.3, -0.25) is 19.3 Å². The second kappa shape index (κ2) is 10.0. The topological polar surface area (TPSA) is 72.9 Å². The zero-order valence-corrected chi connectivity index (χ0v) is 18.2. The number of rotatable bonds is 7. The van der Waals surface area contributed by atoms with Gasteiger partial charge in [-0.15, -0.1) is 0 Å². The smallest absolute Gasteiger partial charge is 0.326 e. The van der Waals surface area contributed by atoms with Gasteiger partial charge in [-0.25, -0.2) is 0 Å². The summed E-state index contributed by atoms with van der Waals surface area (Å²) in [6.45, 7) is 1.68. The maximum atomic E-state index is 12.5. The van der Waals surface area contributed by atoms with Crippen molar-refractivity contribution >= 4 is 58.2 Å². The fourth-order valence-electron chi connectivity index (χ4n) is 2.62. The summed E-state index contributed by atoms with van der Waals surface area (Å²) >= 11 is 12.8. The van der Waals surface area contributed by atoms with Crippen molar-refractivity contribution in [3.8, 4) is 5.75 Å². The standard InChI is InChI=1S/C21H17Cl2NO5S/c1-2-28-19(25)11-24-20(26)18(30-21(24)27)9-13-4-3-5-16(8-13)29-12-14-6-7-15(22)10-17(14)23/h3-10H,2,11-12H2,1H3/b18-9+. The first-order valence-electron chi connectivity index (χ1n) is 8.95. The third-order valence-electron chi connectivity index (χ3n) is 4.03. The molecular formula is C21H17Cl2NO5S. The van der Waals surface area contributed by atoms with E-state index in [2.05, 4.69) is 0 Å². The van der Waals surface area contributed by atoms with Crippen molar-refractivity contribution in [1.29, 1.82) is 0 Å². The fraction of sp³-hybridized carbons (Fsp3) is 0.190. The van der Waals surface area contributed by atoms with E-state index in [1.165, 1.54) is 0 Å². The van der Waals surface area contributed by atoms with Crippen LogP contribution in [-0.4, -0.2) is 35.2 Å². The SMILES string of the molecule is CCOC(=O)CN1C(=O)S/C(=C/c2cccc(OCc3ccc(Cl)cc3Cl)c2)C1=O. The molecule has 2 amide bonds. The van der Waals surface area contributed by atoms with E-state index in [1.54, 1.807) is 55.5 Å². The maximum absolute atomic E-state index is 12.5. The maximum Gasteiger partial charge on any atom is 0.326 e. The quantitative estimate of drug-likeness (QED) is 0.414. The molecule has 6 nitrogen and oxygen atoms in total. The zero-order chi connectivity index (χ0) is 21.7. The number of hydrogen-bond acceptors (Lipinski definition) is 6. The summed E-state index contributed by atoms with van der Waals surface area (Å²) in [6, 6.07) is 12.2. The highest BCUT2D eigenvalue weighted by molar-refractivity contribution is 8.18. The first-order valence-corrected chi connectivity index (χ1v) is 10.5. The molecule has 0 N–H and O–H groups in total.